The molecule has 0 bridgehead atoms. The number of rotatable bonds is 2. The van der Waals surface area contributed by atoms with Gasteiger partial charge in [0, 0.05) is 19.0 Å². The fourth-order valence-corrected chi connectivity index (χ4v) is 2.15. The summed E-state index contributed by atoms with van der Waals surface area (Å²) in [6.45, 7) is 2.23. The number of nitrogens with one attached hydrogen (secondary N) is 1. The molecule has 1 saturated heterocycles. The number of hydrogen-bond acceptors (Lipinski definition) is 2. The van der Waals surface area contributed by atoms with Crippen LogP contribution in [-0.2, 0) is 0 Å². The fraction of sp³-hybridized carbons (Fsp3) is 0.286. The molecule has 0 saturated carbocycles. The van der Waals surface area contributed by atoms with Crippen LogP contribution >= 0.6 is 0 Å². The van der Waals surface area contributed by atoms with Gasteiger partial charge in [-0.25, -0.2) is 0 Å². The molecule has 2 aromatic rings. The summed E-state index contributed by atoms with van der Waals surface area (Å²) >= 11 is 0. The average Bonchev–Trinajstić information content (AvgIpc) is 2.26. The topological polar surface area (TPSA) is 21.3 Å². The molecule has 0 spiro atoms. The zero-order valence-corrected chi connectivity index (χ0v) is 9.36. The minimum atomic E-state index is 0.700. The van der Waals surface area contributed by atoms with Gasteiger partial charge in [-0.1, -0.05) is 24.3 Å². The minimum Gasteiger partial charge on any atom is -0.497 e. The van der Waals surface area contributed by atoms with Crippen molar-refractivity contribution in [2.45, 2.75) is 5.92 Å². The smallest absolute Gasteiger partial charge is 0.119 e. The first-order valence-electron chi connectivity index (χ1n) is 5.65. The van der Waals surface area contributed by atoms with Crippen LogP contribution in [0.4, 0.5) is 0 Å². The van der Waals surface area contributed by atoms with Crippen LogP contribution < -0.4 is 10.1 Å². The molecule has 0 unspecified atom stereocenters. The van der Waals surface area contributed by atoms with Gasteiger partial charge < -0.3 is 10.1 Å². The number of ether oxygens (including phenoxy) is 1. The summed E-state index contributed by atoms with van der Waals surface area (Å²) in [6.07, 6.45) is 0. The first-order valence-corrected chi connectivity index (χ1v) is 5.65. The lowest BCUT2D eigenvalue weighted by Gasteiger charge is -2.27. The molecule has 1 heterocycles. The SMILES string of the molecule is COc1ccc2cc(C3CNC3)ccc2c1. The summed E-state index contributed by atoms with van der Waals surface area (Å²) in [6, 6.07) is 12.9. The van der Waals surface area contributed by atoms with E-state index in [4.69, 9.17) is 4.74 Å². The summed E-state index contributed by atoms with van der Waals surface area (Å²) in [4.78, 5) is 0. The Kier molecular flexibility index (Phi) is 2.29. The van der Waals surface area contributed by atoms with Crippen molar-refractivity contribution in [3.63, 3.8) is 0 Å². The molecule has 1 fully saturated rings. The second kappa shape index (κ2) is 3.80. The maximum absolute atomic E-state index is 5.22. The van der Waals surface area contributed by atoms with Crippen LogP contribution in [0.2, 0.25) is 0 Å². The van der Waals surface area contributed by atoms with E-state index in [9.17, 15) is 0 Å². The molecule has 16 heavy (non-hydrogen) atoms. The molecule has 1 aliphatic rings. The van der Waals surface area contributed by atoms with Gasteiger partial charge in [0.05, 0.1) is 7.11 Å². The largest absolute Gasteiger partial charge is 0.497 e. The lowest BCUT2D eigenvalue weighted by atomic mass is 9.92. The van der Waals surface area contributed by atoms with Crippen molar-refractivity contribution in [2.75, 3.05) is 20.2 Å². The maximum Gasteiger partial charge on any atom is 0.119 e. The Morgan fingerprint density at radius 3 is 2.50 bits per heavy atom. The highest BCUT2D eigenvalue weighted by atomic mass is 16.5. The van der Waals surface area contributed by atoms with Gasteiger partial charge in [-0.3, -0.25) is 0 Å². The highest BCUT2D eigenvalue weighted by molar-refractivity contribution is 5.84. The van der Waals surface area contributed by atoms with E-state index in [1.54, 1.807) is 7.11 Å². The number of methoxy groups -OCH3 is 1. The van der Waals surface area contributed by atoms with Gasteiger partial charge in [-0.15, -0.1) is 0 Å². The van der Waals surface area contributed by atoms with Crippen LogP contribution in [0.5, 0.6) is 5.75 Å². The fourth-order valence-electron chi connectivity index (χ4n) is 2.15. The molecule has 2 heteroatoms. The van der Waals surface area contributed by atoms with Crippen LogP contribution in [0.25, 0.3) is 10.8 Å². The lowest BCUT2D eigenvalue weighted by Crippen LogP contribution is -2.39. The summed E-state index contributed by atoms with van der Waals surface area (Å²) < 4.78 is 5.22. The van der Waals surface area contributed by atoms with Gasteiger partial charge in [-0.2, -0.15) is 0 Å². The van der Waals surface area contributed by atoms with Crippen molar-refractivity contribution in [1.29, 1.82) is 0 Å². The summed E-state index contributed by atoms with van der Waals surface area (Å²) in [5, 5.41) is 5.85. The molecule has 0 aromatic heterocycles. The van der Waals surface area contributed by atoms with Gasteiger partial charge in [0.1, 0.15) is 5.75 Å². The Morgan fingerprint density at radius 2 is 1.81 bits per heavy atom. The van der Waals surface area contributed by atoms with Crippen LogP contribution in [0.1, 0.15) is 11.5 Å². The van der Waals surface area contributed by atoms with Crippen molar-refractivity contribution < 1.29 is 4.74 Å². The molecule has 3 rings (SSSR count). The quantitative estimate of drug-likeness (QED) is 0.827. The van der Waals surface area contributed by atoms with Gasteiger partial charge >= 0.3 is 0 Å². The molecule has 2 nitrogen and oxygen atoms in total. The highest BCUT2D eigenvalue weighted by Gasteiger charge is 2.18. The van der Waals surface area contributed by atoms with E-state index in [-0.39, 0.29) is 0 Å². The van der Waals surface area contributed by atoms with Crippen LogP contribution in [0.15, 0.2) is 36.4 Å². The Labute approximate surface area is 95.2 Å². The number of hydrogen-bond donors (Lipinski definition) is 1. The molecule has 0 aliphatic carbocycles. The highest BCUT2D eigenvalue weighted by Crippen LogP contribution is 2.26. The lowest BCUT2D eigenvalue weighted by molar-refractivity contribution is 0.415. The molecule has 0 atom stereocenters. The van der Waals surface area contributed by atoms with Crippen LogP contribution in [0.3, 0.4) is 0 Å². The Balaban J connectivity index is 2.04. The second-order valence-electron chi connectivity index (χ2n) is 4.33. The van der Waals surface area contributed by atoms with Crippen molar-refractivity contribution in [3.05, 3.63) is 42.0 Å². The third-order valence-electron chi connectivity index (χ3n) is 3.32. The normalized spacial score (nSPS) is 16.1. The molecule has 1 N–H and O–H groups in total. The van der Waals surface area contributed by atoms with E-state index >= 15 is 0 Å². The second-order valence-corrected chi connectivity index (χ2v) is 4.33. The van der Waals surface area contributed by atoms with Crippen LogP contribution in [0, 0.1) is 0 Å². The van der Waals surface area contributed by atoms with Crippen molar-refractivity contribution in [1.82, 2.24) is 5.32 Å². The van der Waals surface area contributed by atoms with Gasteiger partial charge in [0.15, 0.2) is 0 Å². The predicted octanol–water partition coefficient (Wildman–Crippen LogP) is 2.54. The van der Waals surface area contributed by atoms with E-state index in [0.29, 0.717) is 5.92 Å². The van der Waals surface area contributed by atoms with Crippen LogP contribution in [-0.4, -0.2) is 20.2 Å². The van der Waals surface area contributed by atoms with E-state index in [1.165, 1.54) is 16.3 Å². The summed E-state index contributed by atoms with van der Waals surface area (Å²) in [5.74, 6) is 1.62. The van der Waals surface area contributed by atoms with E-state index in [1.807, 2.05) is 6.07 Å². The van der Waals surface area contributed by atoms with Crippen molar-refractivity contribution in [3.8, 4) is 5.75 Å². The first-order chi connectivity index (χ1) is 7.86. The Bertz CT molecular complexity index is 517. The zero-order chi connectivity index (χ0) is 11.0. The molecule has 1 aliphatic heterocycles. The van der Waals surface area contributed by atoms with Crippen molar-refractivity contribution >= 4 is 10.8 Å². The van der Waals surface area contributed by atoms with Crippen molar-refractivity contribution in [2.24, 2.45) is 0 Å². The van der Waals surface area contributed by atoms with E-state index < -0.39 is 0 Å². The Morgan fingerprint density at radius 1 is 1.06 bits per heavy atom. The molecular weight excluding hydrogens is 198 g/mol. The van der Waals surface area contributed by atoms with Gasteiger partial charge in [0.2, 0.25) is 0 Å². The van der Waals surface area contributed by atoms with Gasteiger partial charge in [-0.05, 0) is 28.5 Å². The number of fused-ring (bicyclic) bond motifs is 1. The number of benzene rings is 2. The molecule has 82 valence electrons. The third kappa shape index (κ3) is 1.55. The van der Waals surface area contributed by atoms with Gasteiger partial charge in [0.25, 0.3) is 0 Å². The summed E-state index contributed by atoms with van der Waals surface area (Å²) in [7, 11) is 1.70. The maximum atomic E-state index is 5.22. The average molecular weight is 213 g/mol. The molecular formula is C14H15NO. The van der Waals surface area contributed by atoms with E-state index in [2.05, 4.69) is 35.6 Å². The third-order valence-corrected chi connectivity index (χ3v) is 3.32. The monoisotopic (exact) mass is 213 g/mol. The molecule has 0 amide bonds. The first kappa shape index (κ1) is 9.67. The zero-order valence-electron chi connectivity index (χ0n) is 9.36. The van der Waals surface area contributed by atoms with E-state index in [0.717, 1.165) is 18.8 Å². The minimum absolute atomic E-state index is 0.700. The molecule has 2 aromatic carbocycles. The Hall–Kier alpha value is -1.54. The summed E-state index contributed by atoms with van der Waals surface area (Å²) in [5.41, 5.74) is 1.44. The standard InChI is InChI=1S/C14H15NO/c1-16-14-5-4-10-6-11(13-8-15-9-13)2-3-12(10)7-14/h2-7,13,15H,8-9H2,1H3. The molecule has 0 radical (unpaired) electrons. The predicted molar refractivity (Wildman–Crippen MR) is 66.1 cm³/mol.